The molecule has 0 fully saturated rings. The predicted molar refractivity (Wildman–Crippen MR) is 156 cm³/mol. The summed E-state index contributed by atoms with van der Waals surface area (Å²) < 4.78 is 35.4. The third-order valence-corrected chi connectivity index (χ3v) is 7.89. The third-order valence-electron chi connectivity index (χ3n) is 6.52. The van der Waals surface area contributed by atoms with Gasteiger partial charge in [0.2, 0.25) is 5.88 Å². The first kappa shape index (κ1) is 27.9. The van der Waals surface area contributed by atoms with E-state index in [4.69, 9.17) is 4.74 Å². The molecule has 2 N–H and O–H groups in total. The van der Waals surface area contributed by atoms with Gasteiger partial charge in [-0.15, -0.1) is 0 Å². The van der Waals surface area contributed by atoms with E-state index in [0.717, 1.165) is 30.3 Å². The maximum Gasteiger partial charge on any atom is 0.265 e. The zero-order chi connectivity index (χ0) is 28.0. The van der Waals surface area contributed by atoms with Gasteiger partial charge in [-0.3, -0.25) is 14.5 Å². The van der Waals surface area contributed by atoms with E-state index in [2.05, 4.69) is 16.6 Å². The number of benzene rings is 3. The fourth-order valence-electron chi connectivity index (χ4n) is 4.42. The van der Waals surface area contributed by atoms with Crippen LogP contribution in [0.3, 0.4) is 0 Å². The number of fused-ring (bicyclic) bond motifs is 1. The van der Waals surface area contributed by atoms with Gasteiger partial charge in [-0.25, -0.2) is 13.0 Å². The molecular weight excluding hydrogens is 514 g/mol. The summed E-state index contributed by atoms with van der Waals surface area (Å²) in [6.07, 6.45) is 5.83. The molecule has 4 aromatic rings. The molecule has 0 radical (unpaired) electrons. The molecule has 0 amide bonds. The highest BCUT2D eigenvalue weighted by Gasteiger charge is 2.20. The van der Waals surface area contributed by atoms with Gasteiger partial charge >= 0.3 is 0 Å². The molecule has 8 nitrogen and oxygen atoms in total. The number of aromatic nitrogens is 1. The summed E-state index contributed by atoms with van der Waals surface area (Å²) in [5, 5.41) is 12.3. The van der Waals surface area contributed by atoms with Crippen molar-refractivity contribution in [3.8, 4) is 17.3 Å². The van der Waals surface area contributed by atoms with Crippen molar-refractivity contribution in [2.45, 2.75) is 50.5 Å². The van der Waals surface area contributed by atoms with Gasteiger partial charge in [0, 0.05) is 23.0 Å². The number of nitrogens with zero attached hydrogens (tertiary/aromatic N) is 2. The lowest BCUT2D eigenvalue weighted by molar-refractivity contribution is 0.417. The SMILES string of the molecule is CCCCCC(C)N=Cc1c(O)n(-c2cccc(S(=O)(=O)Nc3ccccc3OC)c2)c(=O)c2ccccc12. The number of anilines is 1. The quantitative estimate of drug-likeness (QED) is 0.180. The van der Waals surface area contributed by atoms with Gasteiger partial charge in [-0.05, 0) is 49.7 Å². The number of aliphatic imine (C=N–C) groups is 1. The van der Waals surface area contributed by atoms with Gasteiger partial charge < -0.3 is 9.84 Å². The molecule has 9 heteroatoms. The molecule has 0 bridgehead atoms. The van der Waals surface area contributed by atoms with Crippen LogP contribution in [-0.4, -0.2) is 37.5 Å². The standard InChI is InChI=1S/C30H33N3O5S/c1-4-5-6-12-21(2)31-20-26-24-15-7-8-16-25(24)29(34)33(30(26)35)22-13-11-14-23(19-22)39(36,37)32-27-17-9-10-18-28(27)38-3/h7-11,13-21,32,35H,4-6,12H2,1-3H3. The highest BCUT2D eigenvalue weighted by Crippen LogP contribution is 2.29. The third kappa shape index (κ3) is 6.15. The van der Waals surface area contributed by atoms with Crippen LogP contribution in [-0.2, 0) is 10.0 Å². The summed E-state index contributed by atoms with van der Waals surface area (Å²) in [5.41, 5.74) is 0.413. The van der Waals surface area contributed by atoms with E-state index >= 15 is 0 Å². The molecule has 1 unspecified atom stereocenters. The number of pyridine rings is 1. The number of para-hydroxylation sites is 2. The van der Waals surface area contributed by atoms with Crippen LogP contribution in [0.25, 0.3) is 16.5 Å². The van der Waals surface area contributed by atoms with Crippen molar-refractivity contribution in [1.82, 2.24) is 4.57 Å². The van der Waals surface area contributed by atoms with Gasteiger partial charge in [-0.1, -0.05) is 62.6 Å². The minimum absolute atomic E-state index is 0.0459. The Hall–Kier alpha value is -4.11. The number of methoxy groups -OCH3 is 1. The number of hydrogen-bond donors (Lipinski definition) is 2. The van der Waals surface area contributed by atoms with E-state index in [1.54, 1.807) is 60.8 Å². The Kier molecular flexibility index (Phi) is 8.71. The number of sulfonamides is 1. The van der Waals surface area contributed by atoms with E-state index in [0.29, 0.717) is 22.1 Å². The van der Waals surface area contributed by atoms with Crippen LogP contribution in [0.1, 0.15) is 45.1 Å². The van der Waals surface area contributed by atoms with Crippen LogP contribution in [0.2, 0.25) is 0 Å². The van der Waals surface area contributed by atoms with Crippen molar-refractivity contribution in [1.29, 1.82) is 0 Å². The van der Waals surface area contributed by atoms with E-state index in [9.17, 15) is 18.3 Å². The van der Waals surface area contributed by atoms with Crippen molar-refractivity contribution in [2.24, 2.45) is 4.99 Å². The first-order valence-corrected chi connectivity index (χ1v) is 14.4. The van der Waals surface area contributed by atoms with Crippen LogP contribution in [0.5, 0.6) is 11.6 Å². The maximum absolute atomic E-state index is 13.5. The monoisotopic (exact) mass is 547 g/mol. The Bertz CT molecular complexity index is 1660. The molecule has 1 heterocycles. The molecule has 0 saturated heterocycles. The number of nitrogens with one attached hydrogen (secondary N) is 1. The van der Waals surface area contributed by atoms with Gasteiger partial charge in [0.15, 0.2) is 0 Å². The summed E-state index contributed by atoms with van der Waals surface area (Å²) >= 11 is 0. The number of hydrogen-bond acceptors (Lipinski definition) is 6. The molecule has 0 spiro atoms. The van der Waals surface area contributed by atoms with Gasteiger partial charge in [0.1, 0.15) is 5.75 Å². The Morgan fingerprint density at radius 1 is 1.03 bits per heavy atom. The minimum atomic E-state index is -4.04. The van der Waals surface area contributed by atoms with E-state index in [1.807, 2.05) is 6.92 Å². The summed E-state index contributed by atoms with van der Waals surface area (Å²) in [4.78, 5) is 18.1. The van der Waals surface area contributed by atoms with E-state index in [1.165, 1.54) is 25.3 Å². The molecule has 0 aliphatic heterocycles. The van der Waals surface area contributed by atoms with E-state index in [-0.39, 0.29) is 28.2 Å². The highest BCUT2D eigenvalue weighted by atomic mass is 32.2. The zero-order valence-corrected chi connectivity index (χ0v) is 23.1. The molecule has 204 valence electrons. The lowest BCUT2D eigenvalue weighted by atomic mass is 10.1. The number of rotatable bonds is 11. The van der Waals surface area contributed by atoms with Crippen molar-refractivity contribution >= 4 is 32.7 Å². The smallest absolute Gasteiger partial charge is 0.265 e. The van der Waals surface area contributed by atoms with Gasteiger partial charge in [-0.2, -0.15) is 0 Å². The average molecular weight is 548 g/mol. The molecule has 3 aromatic carbocycles. The average Bonchev–Trinajstić information content (AvgIpc) is 2.93. The number of unbranched alkanes of at least 4 members (excludes halogenated alkanes) is 2. The van der Waals surface area contributed by atoms with Crippen LogP contribution in [0, 0.1) is 0 Å². The molecule has 39 heavy (non-hydrogen) atoms. The normalized spacial score (nSPS) is 12.6. The van der Waals surface area contributed by atoms with Crippen molar-refractivity contribution in [3.05, 3.63) is 88.7 Å². The Balaban J connectivity index is 1.79. The zero-order valence-electron chi connectivity index (χ0n) is 22.3. The number of aromatic hydroxyl groups is 1. The second kappa shape index (κ2) is 12.2. The summed E-state index contributed by atoms with van der Waals surface area (Å²) in [6.45, 7) is 4.17. The van der Waals surface area contributed by atoms with Crippen LogP contribution >= 0.6 is 0 Å². The molecule has 1 atom stereocenters. The van der Waals surface area contributed by atoms with Crippen LogP contribution in [0.4, 0.5) is 5.69 Å². The fraction of sp³-hybridized carbons (Fsp3) is 0.267. The largest absolute Gasteiger partial charge is 0.495 e. The minimum Gasteiger partial charge on any atom is -0.495 e. The summed E-state index contributed by atoms with van der Waals surface area (Å²) in [7, 11) is -2.59. The molecular formula is C30H33N3O5S. The molecule has 0 saturated carbocycles. The van der Waals surface area contributed by atoms with Crippen molar-refractivity contribution < 1.29 is 18.3 Å². The summed E-state index contributed by atoms with van der Waals surface area (Å²) in [5.74, 6) is 0.0592. The maximum atomic E-state index is 13.5. The number of ether oxygens (including phenoxy) is 1. The lowest BCUT2D eigenvalue weighted by Gasteiger charge is -2.16. The van der Waals surface area contributed by atoms with E-state index < -0.39 is 15.6 Å². The second-order valence-electron chi connectivity index (χ2n) is 9.35. The topological polar surface area (TPSA) is 110 Å². The first-order chi connectivity index (χ1) is 18.8. The Morgan fingerprint density at radius 2 is 1.74 bits per heavy atom. The van der Waals surface area contributed by atoms with Crippen molar-refractivity contribution in [3.63, 3.8) is 0 Å². The Labute approximate surface area is 228 Å². The molecule has 1 aromatic heterocycles. The fourth-order valence-corrected chi connectivity index (χ4v) is 5.53. The second-order valence-corrected chi connectivity index (χ2v) is 11.0. The molecule has 4 rings (SSSR count). The van der Waals surface area contributed by atoms with Gasteiger partial charge in [0.05, 0.1) is 28.9 Å². The van der Waals surface area contributed by atoms with Crippen molar-refractivity contribution in [2.75, 3.05) is 11.8 Å². The predicted octanol–water partition coefficient (Wildman–Crippen LogP) is 5.89. The first-order valence-electron chi connectivity index (χ1n) is 12.9. The molecule has 0 aliphatic rings. The summed E-state index contributed by atoms with van der Waals surface area (Å²) in [6, 6.07) is 19.6. The lowest BCUT2D eigenvalue weighted by Crippen LogP contribution is -2.21. The molecule has 0 aliphatic carbocycles. The Morgan fingerprint density at radius 3 is 2.49 bits per heavy atom. The highest BCUT2D eigenvalue weighted by molar-refractivity contribution is 7.92. The van der Waals surface area contributed by atoms with Crippen LogP contribution < -0.4 is 15.0 Å². The van der Waals surface area contributed by atoms with Crippen LogP contribution in [0.15, 0.2) is 87.5 Å². The van der Waals surface area contributed by atoms with Gasteiger partial charge in [0.25, 0.3) is 15.6 Å².